The van der Waals surface area contributed by atoms with Crippen molar-refractivity contribution >= 4 is 15.9 Å². The normalized spacial score (nSPS) is 11.9. The van der Waals surface area contributed by atoms with Crippen LogP contribution in [-0.4, -0.2) is 19.7 Å². The van der Waals surface area contributed by atoms with E-state index < -0.39 is 0 Å². The Balaban J connectivity index is 2.50. The first-order chi connectivity index (χ1) is 7.67. The van der Waals surface area contributed by atoms with Crippen LogP contribution >= 0.6 is 15.9 Å². The second-order valence-corrected chi connectivity index (χ2v) is 4.38. The summed E-state index contributed by atoms with van der Waals surface area (Å²) in [6.45, 7) is 2.65. The van der Waals surface area contributed by atoms with E-state index in [0.29, 0.717) is 0 Å². The first-order valence-electron chi connectivity index (χ1n) is 5.12. The fourth-order valence-electron chi connectivity index (χ4n) is 1.34. The van der Waals surface area contributed by atoms with Gasteiger partial charge in [0.05, 0.1) is 23.7 Å². The molecular formula is C12H15BrN2O. The summed E-state index contributed by atoms with van der Waals surface area (Å²) < 4.78 is 6.11. The third-order valence-corrected chi connectivity index (χ3v) is 2.89. The minimum absolute atomic E-state index is 0.0957. The lowest BCUT2D eigenvalue weighted by Crippen LogP contribution is -2.26. The predicted octanol–water partition coefficient (Wildman–Crippen LogP) is 2.50. The summed E-state index contributed by atoms with van der Waals surface area (Å²) in [6, 6.07) is 8.05. The third kappa shape index (κ3) is 3.84. The molecule has 0 spiro atoms. The lowest BCUT2D eigenvalue weighted by atomic mass is 10.1. The summed E-state index contributed by atoms with van der Waals surface area (Å²) in [5, 5.41) is 11.7. The monoisotopic (exact) mass is 282 g/mol. The summed E-state index contributed by atoms with van der Waals surface area (Å²) in [6.07, 6.45) is 0.897. The number of ether oxygens (including phenoxy) is 1. The van der Waals surface area contributed by atoms with Gasteiger partial charge in [0, 0.05) is 6.54 Å². The van der Waals surface area contributed by atoms with Gasteiger partial charge in [-0.3, -0.25) is 0 Å². The molecule has 0 fully saturated rings. The van der Waals surface area contributed by atoms with E-state index in [1.807, 2.05) is 25.1 Å². The molecule has 1 unspecified atom stereocenters. The Morgan fingerprint density at radius 2 is 2.31 bits per heavy atom. The second kappa shape index (κ2) is 6.51. The van der Waals surface area contributed by atoms with Crippen LogP contribution in [0.15, 0.2) is 22.7 Å². The number of benzene rings is 1. The van der Waals surface area contributed by atoms with Gasteiger partial charge in [0.1, 0.15) is 5.75 Å². The molecular weight excluding hydrogens is 268 g/mol. The van der Waals surface area contributed by atoms with Crippen LogP contribution < -0.4 is 10.1 Å². The average Bonchev–Trinajstić information content (AvgIpc) is 2.29. The molecule has 0 aromatic heterocycles. The van der Waals surface area contributed by atoms with Gasteiger partial charge in [-0.15, -0.1) is 0 Å². The van der Waals surface area contributed by atoms with Crippen LogP contribution in [0.1, 0.15) is 12.5 Å². The number of hydrogen-bond acceptors (Lipinski definition) is 3. The van der Waals surface area contributed by atoms with Crippen LogP contribution in [0, 0.1) is 11.3 Å². The van der Waals surface area contributed by atoms with Gasteiger partial charge in [0.2, 0.25) is 0 Å². The molecule has 0 saturated carbocycles. The Labute approximate surface area is 105 Å². The van der Waals surface area contributed by atoms with Gasteiger partial charge < -0.3 is 10.1 Å². The first kappa shape index (κ1) is 13.0. The summed E-state index contributed by atoms with van der Waals surface area (Å²) >= 11 is 3.44. The summed E-state index contributed by atoms with van der Waals surface area (Å²) in [7, 11) is 1.65. The molecule has 0 amide bonds. The van der Waals surface area contributed by atoms with Crippen LogP contribution in [0.2, 0.25) is 0 Å². The lowest BCUT2D eigenvalue weighted by molar-refractivity contribution is 0.412. The Morgan fingerprint density at radius 3 is 2.88 bits per heavy atom. The van der Waals surface area contributed by atoms with Crippen molar-refractivity contribution in [3.05, 3.63) is 28.2 Å². The van der Waals surface area contributed by atoms with Crippen molar-refractivity contribution in [2.45, 2.75) is 19.4 Å². The van der Waals surface area contributed by atoms with Crippen LogP contribution in [0.3, 0.4) is 0 Å². The fraction of sp³-hybridized carbons (Fsp3) is 0.417. The summed E-state index contributed by atoms with van der Waals surface area (Å²) in [4.78, 5) is 0. The van der Waals surface area contributed by atoms with Crippen molar-refractivity contribution in [2.24, 2.45) is 0 Å². The van der Waals surface area contributed by atoms with Gasteiger partial charge in [-0.2, -0.15) is 5.26 Å². The number of nitriles is 1. The number of methoxy groups -OCH3 is 1. The van der Waals surface area contributed by atoms with Crippen LogP contribution in [0.5, 0.6) is 5.75 Å². The van der Waals surface area contributed by atoms with E-state index in [-0.39, 0.29) is 6.04 Å². The molecule has 1 N–H and O–H groups in total. The van der Waals surface area contributed by atoms with Crippen molar-refractivity contribution in [1.29, 1.82) is 5.26 Å². The lowest BCUT2D eigenvalue weighted by Gasteiger charge is -2.08. The molecule has 0 bridgehead atoms. The zero-order valence-corrected chi connectivity index (χ0v) is 11.0. The molecule has 0 aliphatic carbocycles. The molecule has 0 saturated heterocycles. The number of nitrogens with zero attached hydrogens (tertiary/aromatic N) is 1. The maximum atomic E-state index is 8.61. The van der Waals surface area contributed by atoms with Crippen molar-refractivity contribution in [2.75, 3.05) is 13.7 Å². The Hall–Kier alpha value is -1.05. The van der Waals surface area contributed by atoms with Gasteiger partial charge in [0.15, 0.2) is 0 Å². The molecule has 1 aromatic carbocycles. The highest BCUT2D eigenvalue weighted by Crippen LogP contribution is 2.25. The van der Waals surface area contributed by atoms with E-state index in [1.165, 1.54) is 5.56 Å². The van der Waals surface area contributed by atoms with E-state index in [9.17, 15) is 0 Å². The molecule has 0 heterocycles. The van der Waals surface area contributed by atoms with E-state index in [0.717, 1.165) is 23.2 Å². The Kier molecular flexibility index (Phi) is 5.30. The van der Waals surface area contributed by atoms with Crippen molar-refractivity contribution in [1.82, 2.24) is 5.32 Å². The number of rotatable bonds is 5. The van der Waals surface area contributed by atoms with Crippen molar-refractivity contribution in [3.8, 4) is 11.8 Å². The van der Waals surface area contributed by atoms with Crippen LogP contribution in [0.4, 0.5) is 0 Å². The molecule has 86 valence electrons. The minimum Gasteiger partial charge on any atom is -0.496 e. The van der Waals surface area contributed by atoms with Gasteiger partial charge in [-0.25, -0.2) is 0 Å². The standard InChI is InChI=1S/C12H15BrN2O/c1-9(8-14)15-6-5-10-3-4-12(16-2)11(13)7-10/h3-4,7,9,15H,5-6H2,1-2H3. The quantitative estimate of drug-likeness (QED) is 0.903. The Bertz CT molecular complexity index is 387. The molecule has 0 aliphatic rings. The zero-order valence-electron chi connectivity index (χ0n) is 9.46. The molecule has 1 aromatic rings. The van der Waals surface area contributed by atoms with Crippen LogP contribution in [0.25, 0.3) is 0 Å². The van der Waals surface area contributed by atoms with Crippen LogP contribution in [-0.2, 0) is 6.42 Å². The van der Waals surface area contributed by atoms with Crippen molar-refractivity contribution < 1.29 is 4.74 Å². The molecule has 1 rings (SSSR count). The van der Waals surface area contributed by atoms with Gasteiger partial charge in [-0.05, 0) is 47.0 Å². The predicted molar refractivity (Wildman–Crippen MR) is 67.5 cm³/mol. The number of halogens is 1. The fourth-order valence-corrected chi connectivity index (χ4v) is 1.93. The molecule has 0 aliphatic heterocycles. The topological polar surface area (TPSA) is 45.0 Å². The summed E-state index contributed by atoms with van der Waals surface area (Å²) in [5.74, 6) is 0.835. The number of nitrogens with one attached hydrogen (secondary N) is 1. The van der Waals surface area contributed by atoms with Crippen molar-refractivity contribution in [3.63, 3.8) is 0 Å². The molecule has 16 heavy (non-hydrogen) atoms. The molecule has 3 nitrogen and oxygen atoms in total. The highest BCUT2D eigenvalue weighted by atomic mass is 79.9. The first-order valence-corrected chi connectivity index (χ1v) is 5.92. The maximum absolute atomic E-state index is 8.61. The smallest absolute Gasteiger partial charge is 0.133 e. The Morgan fingerprint density at radius 1 is 1.56 bits per heavy atom. The van der Waals surface area contributed by atoms with E-state index in [4.69, 9.17) is 10.00 Å². The second-order valence-electron chi connectivity index (χ2n) is 3.52. The largest absolute Gasteiger partial charge is 0.496 e. The van der Waals surface area contributed by atoms with Gasteiger partial charge >= 0.3 is 0 Å². The van der Waals surface area contributed by atoms with Gasteiger partial charge in [-0.1, -0.05) is 6.07 Å². The maximum Gasteiger partial charge on any atom is 0.133 e. The van der Waals surface area contributed by atoms with E-state index in [1.54, 1.807) is 7.11 Å². The summed E-state index contributed by atoms with van der Waals surface area (Å²) in [5.41, 5.74) is 1.21. The highest BCUT2D eigenvalue weighted by molar-refractivity contribution is 9.10. The molecule has 4 heteroatoms. The average molecular weight is 283 g/mol. The third-order valence-electron chi connectivity index (χ3n) is 2.27. The highest BCUT2D eigenvalue weighted by Gasteiger charge is 2.02. The molecule has 0 radical (unpaired) electrons. The molecule has 1 atom stereocenters. The SMILES string of the molecule is COc1ccc(CCNC(C)C#N)cc1Br. The van der Waals surface area contributed by atoms with Gasteiger partial charge in [0.25, 0.3) is 0 Å². The van der Waals surface area contributed by atoms with E-state index >= 15 is 0 Å². The minimum atomic E-state index is -0.0957. The van der Waals surface area contributed by atoms with E-state index in [2.05, 4.69) is 27.3 Å². The number of hydrogen-bond donors (Lipinski definition) is 1. The zero-order chi connectivity index (χ0) is 12.0.